The first-order valence-corrected chi connectivity index (χ1v) is 11.7. The monoisotopic (exact) mass is 477 g/mol. The fourth-order valence-electron chi connectivity index (χ4n) is 3.86. The second-order valence-electron chi connectivity index (χ2n) is 8.06. The number of rotatable bonds is 8. The van der Waals surface area contributed by atoms with Gasteiger partial charge in [0.05, 0.1) is 35.4 Å². The Morgan fingerprint density at radius 1 is 1.28 bits per heavy atom. The molecule has 0 spiro atoms. The molecule has 1 N–H and O–H groups in total. The Labute approximate surface area is 197 Å². The fourth-order valence-corrected chi connectivity index (χ4v) is 5.26. The van der Waals surface area contributed by atoms with Gasteiger partial charge in [0.15, 0.2) is 0 Å². The van der Waals surface area contributed by atoms with Crippen LogP contribution in [0.1, 0.15) is 47.9 Å². The number of ketones is 1. The van der Waals surface area contributed by atoms with E-state index in [9.17, 15) is 14.7 Å². The number of amides is 1. The zero-order valence-electron chi connectivity index (χ0n) is 18.9. The Balaban J connectivity index is 2.12. The molecule has 0 bridgehead atoms. The molecule has 1 unspecified atom stereocenters. The number of benzene rings is 1. The highest BCUT2D eigenvalue weighted by Gasteiger charge is 2.47. The fraction of sp³-hybridized carbons (Fsp3) is 0.417. The molecule has 0 radical (unpaired) electrons. The van der Waals surface area contributed by atoms with Crippen LogP contribution in [0.25, 0.3) is 5.76 Å². The number of nitrogens with zero attached hydrogens (tertiary/aromatic N) is 1. The summed E-state index contributed by atoms with van der Waals surface area (Å²) in [6, 6.07) is 4.66. The molecule has 2 aromatic rings. The van der Waals surface area contributed by atoms with Crippen molar-refractivity contribution in [3.05, 3.63) is 55.7 Å². The summed E-state index contributed by atoms with van der Waals surface area (Å²) in [5.41, 5.74) is 2.08. The van der Waals surface area contributed by atoms with Gasteiger partial charge in [0.25, 0.3) is 11.7 Å². The summed E-state index contributed by atoms with van der Waals surface area (Å²) in [5.74, 6) is -1.38. The van der Waals surface area contributed by atoms with Crippen LogP contribution in [-0.4, -0.2) is 48.1 Å². The van der Waals surface area contributed by atoms with Crippen molar-refractivity contribution in [3.8, 4) is 5.75 Å². The third-order valence-electron chi connectivity index (χ3n) is 5.33. The van der Waals surface area contributed by atoms with E-state index in [0.29, 0.717) is 24.6 Å². The van der Waals surface area contributed by atoms with E-state index in [2.05, 4.69) is 0 Å². The first kappa shape index (κ1) is 24.3. The van der Waals surface area contributed by atoms with E-state index in [1.165, 1.54) is 23.3 Å². The maximum Gasteiger partial charge on any atom is 0.295 e. The smallest absolute Gasteiger partial charge is 0.295 e. The van der Waals surface area contributed by atoms with Crippen molar-refractivity contribution in [2.45, 2.75) is 46.3 Å². The third kappa shape index (κ3) is 4.70. The lowest BCUT2D eigenvalue weighted by atomic mass is 9.97. The molecule has 32 heavy (non-hydrogen) atoms. The Morgan fingerprint density at radius 2 is 2.00 bits per heavy atom. The average molecular weight is 478 g/mol. The first-order chi connectivity index (χ1) is 15.2. The van der Waals surface area contributed by atoms with Gasteiger partial charge >= 0.3 is 0 Å². The Kier molecular flexibility index (Phi) is 7.64. The van der Waals surface area contributed by atoms with Crippen LogP contribution in [0.4, 0.5) is 0 Å². The molecule has 0 saturated carbocycles. The molecule has 0 aliphatic carbocycles. The number of halogens is 1. The van der Waals surface area contributed by atoms with Crippen LogP contribution in [0.15, 0.2) is 29.2 Å². The highest BCUT2D eigenvalue weighted by atomic mass is 35.5. The van der Waals surface area contributed by atoms with Gasteiger partial charge in [-0.05, 0) is 68.8 Å². The van der Waals surface area contributed by atoms with Gasteiger partial charge < -0.3 is 19.5 Å². The van der Waals surface area contributed by atoms with Gasteiger partial charge in [-0.3, -0.25) is 9.59 Å². The molecule has 172 valence electrons. The zero-order chi connectivity index (χ0) is 23.6. The molecule has 3 rings (SSSR count). The molecule has 8 heteroatoms. The number of hydrogen-bond donors (Lipinski definition) is 1. The third-order valence-corrected chi connectivity index (χ3v) is 6.68. The normalized spacial score (nSPS) is 18.1. The second-order valence-corrected chi connectivity index (χ2v) is 9.42. The van der Waals surface area contributed by atoms with Gasteiger partial charge in [0.2, 0.25) is 0 Å². The number of aliphatic hydroxyl groups excluding tert-OH is 1. The minimum atomic E-state index is -0.718. The lowest BCUT2D eigenvalue weighted by Gasteiger charge is -2.25. The molecule has 2 heterocycles. The van der Waals surface area contributed by atoms with Crippen molar-refractivity contribution in [3.63, 3.8) is 0 Å². The molecule has 1 amide bonds. The molecule has 1 aliphatic heterocycles. The van der Waals surface area contributed by atoms with E-state index in [1.807, 2.05) is 39.1 Å². The van der Waals surface area contributed by atoms with Crippen LogP contribution in [0.5, 0.6) is 5.75 Å². The maximum atomic E-state index is 13.1. The van der Waals surface area contributed by atoms with Crippen LogP contribution in [0.2, 0.25) is 5.02 Å². The molecular formula is C24H28ClNO5S. The number of aliphatic hydroxyl groups is 1. The summed E-state index contributed by atoms with van der Waals surface area (Å²) in [4.78, 5) is 28.5. The van der Waals surface area contributed by atoms with E-state index < -0.39 is 17.7 Å². The first-order valence-electron chi connectivity index (χ1n) is 10.5. The van der Waals surface area contributed by atoms with Gasteiger partial charge in [-0.1, -0.05) is 11.6 Å². The van der Waals surface area contributed by atoms with Crippen LogP contribution in [-0.2, 0) is 14.3 Å². The number of carbonyl (C=O) groups excluding carboxylic acids is 2. The highest BCUT2D eigenvalue weighted by Crippen LogP contribution is 2.44. The molecule has 1 atom stereocenters. The van der Waals surface area contributed by atoms with Crippen molar-refractivity contribution < 1.29 is 24.2 Å². The molecule has 1 saturated heterocycles. The van der Waals surface area contributed by atoms with E-state index in [4.69, 9.17) is 21.1 Å². The number of hydrogen-bond acceptors (Lipinski definition) is 6. The summed E-state index contributed by atoms with van der Waals surface area (Å²) in [7, 11) is 1.45. The quantitative estimate of drug-likeness (QED) is 0.243. The van der Waals surface area contributed by atoms with E-state index in [0.717, 1.165) is 16.0 Å². The van der Waals surface area contributed by atoms with Crippen molar-refractivity contribution in [1.29, 1.82) is 0 Å². The predicted molar refractivity (Wildman–Crippen MR) is 127 cm³/mol. The Bertz CT molecular complexity index is 1060. The van der Waals surface area contributed by atoms with E-state index in [1.54, 1.807) is 12.1 Å². The van der Waals surface area contributed by atoms with Gasteiger partial charge in [-0.2, -0.15) is 0 Å². The van der Waals surface area contributed by atoms with Gasteiger partial charge in [-0.25, -0.2) is 0 Å². The zero-order valence-corrected chi connectivity index (χ0v) is 20.5. The summed E-state index contributed by atoms with van der Waals surface area (Å²) in [6.07, 6.45) is 0.658. The van der Waals surface area contributed by atoms with Gasteiger partial charge in [-0.15, -0.1) is 11.3 Å². The molecule has 1 aromatic carbocycles. The van der Waals surface area contributed by atoms with Crippen LogP contribution >= 0.6 is 22.9 Å². The lowest BCUT2D eigenvalue weighted by Crippen LogP contribution is -2.31. The van der Waals surface area contributed by atoms with Gasteiger partial charge in [0, 0.05) is 18.0 Å². The number of likely N-dealkylation sites (tertiary alicyclic amines) is 1. The molecular weight excluding hydrogens is 450 g/mol. The number of aryl methyl sites for hydroxylation is 2. The largest absolute Gasteiger partial charge is 0.507 e. The Morgan fingerprint density at radius 3 is 2.59 bits per heavy atom. The summed E-state index contributed by atoms with van der Waals surface area (Å²) >= 11 is 7.77. The van der Waals surface area contributed by atoms with E-state index >= 15 is 0 Å². The topological polar surface area (TPSA) is 76.1 Å². The number of methoxy groups -OCH3 is 1. The van der Waals surface area contributed by atoms with Crippen LogP contribution < -0.4 is 4.74 Å². The van der Waals surface area contributed by atoms with Crippen LogP contribution in [0, 0.1) is 13.8 Å². The molecule has 1 aromatic heterocycles. The summed E-state index contributed by atoms with van der Waals surface area (Å²) in [5, 5.41) is 13.5. The lowest BCUT2D eigenvalue weighted by molar-refractivity contribution is -0.140. The van der Waals surface area contributed by atoms with Crippen molar-refractivity contribution >= 4 is 40.4 Å². The second kappa shape index (κ2) is 10.1. The predicted octanol–water partition coefficient (Wildman–Crippen LogP) is 5.26. The number of carbonyl (C=O) groups is 2. The number of ether oxygens (including phenoxy) is 2. The molecule has 1 aliphatic rings. The van der Waals surface area contributed by atoms with Crippen molar-refractivity contribution in [1.82, 2.24) is 4.90 Å². The average Bonchev–Trinajstić information content (AvgIpc) is 3.25. The summed E-state index contributed by atoms with van der Waals surface area (Å²) < 4.78 is 11.0. The molecule has 1 fully saturated rings. The number of thiophene rings is 1. The SMILES string of the molecule is COc1c(Cl)cc(C)cc1/C(O)=C1\C(=O)C(=O)N(CCCOC(C)C)C1c1sccc1C. The standard InChI is InChI=1S/C24H28ClNO5S/c1-13(2)31-9-6-8-26-19(23-15(4)7-10-32-23)18(21(28)24(26)29)20(27)16-11-14(3)12-17(25)22(16)30-5/h7,10-13,19,27H,6,8-9H2,1-5H3/b20-18+. The maximum absolute atomic E-state index is 13.1. The molecule has 6 nitrogen and oxygen atoms in total. The van der Waals surface area contributed by atoms with Crippen molar-refractivity contribution in [2.24, 2.45) is 0 Å². The van der Waals surface area contributed by atoms with Crippen LogP contribution in [0.3, 0.4) is 0 Å². The summed E-state index contributed by atoms with van der Waals surface area (Å²) in [6.45, 7) is 8.46. The van der Waals surface area contributed by atoms with Gasteiger partial charge in [0.1, 0.15) is 11.5 Å². The minimum absolute atomic E-state index is 0.0466. The minimum Gasteiger partial charge on any atom is -0.507 e. The highest BCUT2D eigenvalue weighted by molar-refractivity contribution is 7.10. The Hall–Kier alpha value is -2.35. The number of Topliss-reactive ketones (excluding diaryl/α,β-unsaturated/α-hetero) is 1. The van der Waals surface area contributed by atoms with E-state index in [-0.39, 0.29) is 28.7 Å². The van der Waals surface area contributed by atoms with Crippen molar-refractivity contribution in [2.75, 3.05) is 20.3 Å².